The Hall–Kier alpha value is -2.84. The molecule has 32 heavy (non-hydrogen) atoms. The minimum atomic E-state index is 0.208. The molecule has 2 heterocycles. The molecular weight excluding hydrogens is 406 g/mol. The Labute approximate surface area is 191 Å². The van der Waals surface area contributed by atoms with Crippen LogP contribution < -0.4 is 20.1 Å². The first-order valence-electron chi connectivity index (χ1n) is 11.2. The average molecular weight is 442 g/mol. The van der Waals surface area contributed by atoms with Crippen LogP contribution in [0.1, 0.15) is 30.5 Å². The van der Waals surface area contributed by atoms with Gasteiger partial charge in [-0.25, -0.2) is 4.98 Å². The van der Waals surface area contributed by atoms with E-state index in [-0.39, 0.29) is 6.04 Å². The third-order valence-electron chi connectivity index (χ3n) is 5.39. The summed E-state index contributed by atoms with van der Waals surface area (Å²) >= 11 is 0. The Kier molecular flexibility index (Phi) is 9.59. The molecular formula is C24H35N5O3. The normalized spacial score (nSPS) is 15.8. The number of morpholine rings is 1. The van der Waals surface area contributed by atoms with Crippen molar-refractivity contribution in [3.05, 3.63) is 53.7 Å². The van der Waals surface area contributed by atoms with Gasteiger partial charge in [0, 0.05) is 45.5 Å². The fourth-order valence-corrected chi connectivity index (χ4v) is 3.58. The van der Waals surface area contributed by atoms with Crippen molar-refractivity contribution in [2.75, 3.05) is 53.6 Å². The summed E-state index contributed by atoms with van der Waals surface area (Å²) in [6.07, 6.45) is 2.80. The number of nitrogens with zero attached hydrogens (tertiary/aromatic N) is 3. The smallest absolute Gasteiger partial charge is 0.213 e. The summed E-state index contributed by atoms with van der Waals surface area (Å²) < 4.78 is 16.4. The van der Waals surface area contributed by atoms with Crippen LogP contribution in [-0.2, 0) is 11.3 Å². The van der Waals surface area contributed by atoms with E-state index in [4.69, 9.17) is 14.2 Å². The number of hydrogen-bond donors (Lipinski definition) is 2. The third kappa shape index (κ3) is 7.10. The molecule has 1 aromatic carbocycles. The van der Waals surface area contributed by atoms with Gasteiger partial charge in [0.25, 0.3) is 0 Å². The van der Waals surface area contributed by atoms with Crippen LogP contribution in [0.15, 0.2) is 47.6 Å². The van der Waals surface area contributed by atoms with Crippen LogP contribution >= 0.6 is 0 Å². The number of guanidine groups is 1. The second-order valence-electron chi connectivity index (χ2n) is 7.60. The molecule has 1 unspecified atom stereocenters. The lowest BCUT2D eigenvalue weighted by atomic mass is 10.0. The summed E-state index contributed by atoms with van der Waals surface area (Å²) in [6, 6.07) is 12.4. The highest BCUT2D eigenvalue weighted by molar-refractivity contribution is 5.79. The predicted molar refractivity (Wildman–Crippen MR) is 126 cm³/mol. The summed E-state index contributed by atoms with van der Waals surface area (Å²) in [5.41, 5.74) is 2.30. The Morgan fingerprint density at radius 1 is 1.16 bits per heavy atom. The summed E-state index contributed by atoms with van der Waals surface area (Å²) in [5.74, 6) is 2.27. The molecule has 8 nitrogen and oxygen atoms in total. The van der Waals surface area contributed by atoms with Gasteiger partial charge in [-0.15, -0.1) is 0 Å². The van der Waals surface area contributed by atoms with Gasteiger partial charge in [0.15, 0.2) is 5.96 Å². The third-order valence-corrected chi connectivity index (χ3v) is 5.39. The largest absolute Gasteiger partial charge is 0.497 e. The number of nitrogens with one attached hydrogen (secondary N) is 2. The fraction of sp³-hybridized carbons (Fsp3) is 0.500. The van der Waals surface area contributed by atoms with Gasteiger partial charge in [0.2, 0.25) is 5.88 Å². The zero-order valence-corrected chi connectivity index (χ0v) is 19.3. The maximum atomic E-state index is 5.55. The first-order valence-corrected chi connectivity index (χ1v) is 11.2. The van der Waals surface area contributed by atoms with E-state index < -0.39 is 0 Å². The topological polar surface area (TPSA) is 80.2 Å². The van der Waals surface area contributed by atoms with Gasteiger partial charge in [-0.1, -0.05) is 25.1 Å². The Morgan fingerprint density at radius 3 is 2.56 bits per heavy atom. The number of ether oxygens (including phenoxy) is 3. The van der Waals surface area contributed by atoms with Crippen molar-refractivity contribution >= 4 is 5.96 Å². The van der Waals surface area contributed by atoms with Crippen LogP contribution in [0.25, 0.3) is 0 Å². The predicted octanol–water partition coefficient (Wildman–Crippen LogP) is 2.62. The highest BCUT2D eigenvalue weighted by atomic mass is 16.5. The number of hydrogen-bond acceptors (Lipinski definition) is 6. The molecule has 174 valence electrons. The fourth-order valence-electron chi connectivity index (χ4n) is 3.58. The molecule has 0 amide bonds. The van der Waals surface area contributed by atoms with E-state index in [0.29, 0.717) is 19.0 Å². The molecule has 1 fully saturated rings. The van der Waals surface area contributed by atoms with Crippen LogP contribution in [0.3, 0.4) is 0 Å². The number of methoxy groups -OCH3 is 1. The van der Waals surface area contributed by atoms with E-state index in [1.807, 2.05) is 30.5 Å². The summed E-state index contributed by atoms with van der Waals surface area (Å²) in [7, 11) is 3.47. The molecule has 1 atom stereocenters. The molecule has 1 aromatic heterocycles. The summed E-state index contributed by atoms with van der Waals surface area (Å²) in [6.45, 7) is 7.44. The lowest BCUT2D eigenvalue weighted by Gasteiger charge is -2.35. The second kappa shape index (κ2) is 12.9. The van der Waals surface area contributed by atoms with Crippen molar-refractivity contribution < 1.29 is 14.2 Å². The average Bonchev–Trinajstić information content (AvgIpc) is 2.86. The monoisotopic (exact) mass is 441 g/mol. The second-order valence-corrected chi connectivity index (χ2v) is 7.60. The summed E-state index contributed by atoms with van der Waals surface area (Å²) in [5, 5.41) is 6.85. The minimum Gasteiger partial charge on any atom is -0.497 e. The zero-order valence-electron chi connectivity index (χ0n) is 19.3. The number of benzene rings is 1. The number of aromatic nitrogens is 1. The van der Waals surface area contributed by atoms with E-state index in [0.717, 1.165) is 56.5 Å². The lowest BCUT2D eigenvalue weighted by molar-refractivity contribution is 0.0170. The molecule has 3 rings (SSSR count). The van der Waals surface area contributed by atoms with Crippen LogP contribution in [0.2, 0.25) is 0 Å². The molecule has 0 radical (unpaired) electrons. The van der Waals surface area contributed by atoms with Gasteiger partial charge in [0.1, 0.15) is 5.75 Å². The molecule has 0 aliphatic carbocycles. The summed E-state index contributed by atoms with van der Waals surface area (Å²) in [4.78, 5) is 11.2. The van der Waals surface area contributed by atoms with Crippen molar-refractivity contribution in [3.63, 3.8) is 0 Å². The van der Waals surface area contributed by atoms with Crippen molar-refractivity contribution in [1.29, 1.82) is 0 Å². The Morgan fingerprint density at radius 2 is 1.94 bits per heavy atom. The minimum absolute atomic E-state index is 0.208. The Bertz CT molecular complexity index is 821. The standard InChI is InChI=1S/C24H35N5O3/c1-4-13-32-23-10-5-19(16-26-23)17-27-24(25-2)28-18-22(29-11-14-31-15-12-29)20-6-8-21(30-3)9-7-20/h5-10,16,22H,4,11-15,17-18H2,1-3H3,(H2,25,27,28). The van der Waals surface area contributed by atoms with E-state index in [2.05, 4.69) is 44.6 Å². The quantitative estimate of drug-likeness (QED) is 0.433. The van der Waals surface area contributed by atoms with Crippen molar-refractivity contribution in [1.82, 2.24) is 20.5 Å². The van der Waals surface area contributed by atoms with Gasteiger partial charge in [-0.2, -0.15) is 0 Å². The highest BCUT2D eigenvalue weighted by Gasteiger charge is 2.23. The van der Waals surface area contributed by atoms with E-state index in [9.17, 15) is 0 Å². The molecule has 0 saturated carbocycles. The van der Waals surface area contributed by atoms with Gasteiger partial charge < -0.3 is 24.8 Å². The molecule has 0 spiro atoms. The number of rotatable bonds is 10. The lowest BCUT2D eigenvalue weighted by Crippen LogP contribution is -2.46. The van der Waals surface area contributed by atoms with Gasteiger partial charge in [-0.05, 0) is 29.7 Å². The van der Waals surface area contributed by atoms with E-state index >= 15 is 0 Å². The van der Waals surface area contributed by atoms with E-state index in [1.165, 1.54) is 5.56 Å². The van der Waals surface area contributed by atoms with Crippen molar-refractivity contribution in [2.24, 2.45) is 4.99 Å². The molecule has 2 N–H and O–H groups in total. The first kappa shape index (κ1) is 23.8. The Balaban J connectivity index is 1.57. The van der Waals surface area contributed by atoms with Crippen LogP contribution in [-0.4, -0.2) is 69.5 Å². The highest BCUT2D eigenvalue weighted by Crippen LogP contribution is 2.23. The van der Waals surface area contributed by atoms with Gasteiger partial charge in [-0.3, -0.25) is 9.89 Å². The first-order chi connectivity index (χ1) is 15.7. The molecule has 1 saturated heterocycles. The van der Waals surface area contributed by atoms with Crippen LogP contribution in [0.5, 0.6) is 11.6 Å². The van der Waals surface area contributed by atoms with Gasteiger partial charge in [0.05, 0.1) is 33.0 Å². The van der Waals surface area contributed by atoms with Crippen molar-refractivity contribution in [2.45, 2.75) is 25.9 Å². The maximum Gasteiger partial charge on any atom is 0.213 e. The van der Waals surface area contributed by atoms with E-state index in [1.54, 1.807) is 14.2 Å². The SMILES string of the molecule is CCCOc1ccc(CNC(=NC)NCC(c2ccc(OC)cc2)N2CCOCC2)cn1. The van der Waals surface area contributed by atoms with Crippen molar-refractivity contribution in [3.8, 4) is 11.6 Å². The molecule has 0 bridgehead atoms. The molecule has 1 aliphatic heterocycles. The van der Waals surface area contributed by atoms with Gasteiger partial charge >= 0.3 is 0 Å². The molecule has 8 heteroatoms. The molecule has 1 aliphatic rings. The number of pyridine rings is 1. The molecule has 2 aromatic rings. The zero-order chi connectivity index (χ0) is 22.6. The van der Waals surface area contributed by atoms with Crippen LogP contribution in [0.4, 0.5) is 0 Å². The number of aliphatic imine (C=N–C) groups is 1. The maximum absolute atomic E-state index is 5.55. The van der Waals surface area contributed by atoms with Crippen LogP contribution in [0, 0.1) is 0 Å².